The van der Waals surface area contributed by atoms with Crippen molar-refractivity contribution in [3.05, 3.63) is 10.0 Å². The summed E-state index contributed by atoms with van der Waals surface area (Å²) < 4.78 is 0. The summed E-state index contributed by atoms with van der Waals surface area (Å²) >= 11 is 1.76. The van der Waals surface area contributed by atoms with Gasteiger partial charge in [-0.3, -0.25) is 0 Å². The number of hydrogen-bond acceptors (Lipinski definition) is 4. The summed E-state index contributed by atoms with van der Waals surface area (Å²) in [6, 6.07) is 0. The van der Waals surface area contributed by atoms with Crippen molar-refractivity contribution in [2.45, 2.75) is 52.1 Å². The van der Waals surface area contributed by atoms with E-state index in [1.165, 1.54) is 11.4 Å². The van der Waals surface area contributed by atoms with Crippen molar-refractivity contribution < 1.29 is 0 Å². The van der Waals surface area contributed by atoms with Crippen LogP contribution in [0.3, 0.4) is 0 Å². The second kappa shape index (κ2) is 3.83. The molecule has 0 bridgehead atoms. The van der Waals surface area contributed by atoms with Crippen LogP contribution in [0.1, 0.15) is 50.0 Å². The van der Waals surface area contributed by atoms with Crippen LogP contribution in [0.5, 0.6) is 0 Å². The molecule has 0 aromatic carbocycles. The summed E-state index contributed by atoms with van der Waals surface area (Å²) in [4.78, 5) is 0. The fourth-order valence-corrected chi connectivity index (χ4v) is 2.52. The molecule has 15 heavy (non-hydrogen) atoms. The Balaban J connectivity index is 1.90. The minimum Gasteiger partial charge on any atom is -0.306 e. The lowest BCUT2D eigenvalue weighted by molar-refractivity contribution is 0.423. The van der Waals surface area contributed by atoms with Crippen LogP contribution in [0, 0.1) is 5.92 Å². The maximum absolute atomic E-state index is 4.26. The van der Waals surface area contributed by atoms with Crippen LogP contribution in [-0.4, -0.2) is 15.7 Å². The van der Waals surface area contributed by atoms with Crippen LogP contribution in [0.2, 0.25) is 0 Å². The van der Waals surface area contributed by atoms with E-state index in [1.807, 2.05) is 0 Å². The Morgan fingerprint density at radius 2 is 2.07 bits per heavy atom. The Bertz CT molecular complexity index is 340. The van der Waals surface area contributed by atoms with Gasteiger partial charge < -0.3 is 5.32 Å². The van der Waals surface area contributed by atoms with Gasteiger partial charge in [-0.1, -0.05) is 18.3 Å². The van der Waals surface area contributed by atoms with E-state index in [2.05, 4.69) is 43.2 Å². The van der Waals surface area contributed by atoms with E-state index in [4.69, 9.17) is 0 Å². The molecule has 4 heteroatoms. The van der Waals surface area contributed by atoms with Gasteiger partial charge in [-0.2, -0.15) is 0 Å². The molecule has 1 aliphatic carbocycles. The van der Waals surface area contributed by atoms with Gasteiger partial charge in [0.05, 0.1) is 6.54 Å². The van der Waals surface area contributed by atoms with Gasteiger partial charge in [0.2, 0.25) is 0 Å². The molecule has 0 radical (unpaired) electrons. The van der Waals surface area contributed by atoms with E-state index < -0.39 is 0 Å². The van der Waals surface area contributed by atoms with Gasteiger partial charge in [0.1, 0.15) is 10.0 Å². The summed E-state index contributed by atoms with van der Waals surface area (Å²) in [5.74, 6) is 1.52. The van der Waals surface area contributed by atoms with Gasteiger partial charge in [0, 0.05) is 11.5 Å². The number of rotatable bonds is 3. The van der Waals surface area contributed by atoms with Crippen molar-refractivity contribution in [3.63, 3.8) is 0 Å². The van der Waals surface area contributed by atoms with Crippen LogP contribution in [0.4, 0.5) is 0 Å². The van der Waals surface area contributed by atoms with Crippen molar-refractivity contribution in [2.75, 3.05) is 0 Å². The highest BCUT2D eigenvalue weighted by molar-refractivity contribution is 7.11. The molecule has 2 unspecified atom stereocenters. The third-order valence-electron chi connectivity index (χ3n) is 2.68. The van der Waals surface area contributed by atoms with Crippen LogP contribution < -0.4 is 5.32 Å². The van der Waals surface area contributed by atoms with Gasteiger partial charge >= 0.3 is 0 Å². The van der Waals surface area contributed by atoms with E-state index in [1.54, 1.807) is 11.3 Å². The highest BCUT2D eigenvalue weighted by Gasteiger charge is 2.36. The lowest BCUT2D eigenvalue weighted by atomic mass is 10.1. The normalized spacial score (nSPS) is 25.6. The minimum atomic E-state index is 0.151. The fraction of sp³-hybridized carbons (Fsp3) is 0.818. The molecular weight excluding hydrogens is 206 g/mol. The molecule has 1 heterocycles. The van der Waals surface area contributed by atoms with Crippen LogP contribution in [0.15, 0.2) is 0 Å². The van der Waals surface area contributed by atoms with Crippen molar-refractivity contribution in [2.24, 2.45) is 5.92 Å². The van der Waals surface area contributed by atoms with Crippen LogP contribution >= 0.6 is 11.3 Å². The molecule has 0 spiro atoms. The quantitative estimate of drug-likeness (QED) is 0.859. The lowest BCUT2D eigenvalue weighted by Gasteiger charge is -2.19. The average molecular weight is 225 g/mol. The molecule has 84 valence electrons. The molecule has 0 aliphatic heterocycles. The Kier molecular flexibility index (Phi) is 2.81. The standard InChI is InChI=1S/C11H19N3S/c1-7-5-8(7)10-14-13-9(15-10)6-12-11(2,3)4/h7-8,12H,5-6H2,1-4H3. The molecule has 2 rings (SSSR count). The van der Waals surface area contributed by atoms with Crippen molar-refractivity contribution >= 4 is 11.3 Å². The fourth-order valence-electron chi connectivity index (χ4n) is 1.49. The predicted octanol–water partition coefficient (Wildman–Crippen LogP) is 2.55. The second-order valence-electron chi connectivity index (χ2n) is 5.46. The van der Waals surface area contributed by atoms with Crippen molar-refractivity contribution in [1.29, 1.82) is 0 Å². The molecule has 3 nitrogen and oxygen atoms in total. The maximum Gasteiger partial charge on any atom is 0.131 e. The van der Waals surface area contributed by atoms with Crippen LogP contribution in [0.25, 0.3) is 0 Å². The molecular formula is C11H19N3S. The third kappa shape index (κ3) is 2.98. The van der Waals surface area contributed by atoms with Gasteiger partial charge in [0.15, 0.2) is 0 Å². The molecule has 1 fully saturated rings. The van der Waals surface area contributed by atoms with Gasteiger partial charge in [-0.05, 0) is 33.1 Å². The van der Waals surface area contributed by atoms with E-state index in [-0.39, 0.29) is 5.54 Å². The molecule has 0 amide bonds. The topological polar surface area (TPSA) is 37.8 Å². The Labute approximate surface area is 95.3 Å². The molecule has 1 N–H and O–H groups in total. The number of nitrogens with zero attached hydrogens (tertiary/aromatic N) is 2. The number of aromatic nitrogens is 2. The summed E-state index contributed by atoms with van der Waals surface area (Å²) in [6.07, 6.45) is 1.29. The zero-order valence-electron chi connectivity index (χ0n) is 9.87. The predicted molar refractivity (Wildman–Crippen MR) is 63.0 cm³/mol. The zero-order valence-corrected chi connectivity index (χ0v) is 10.7. The molecule has 2 atom stereocenters. The Morgan fingerprint density at radius 3 is 2.60 bits per heavy atom. The summed E-state index contributed by atoms with van der Waals surface area (Å²) in [5, 5.41) is 14.2. The van der Waals surface area contributed by atoms with E-state index >= 15 is 0 Å². The Hall–Kier alpha value is -0.480. The van der Waals surface area contributed by atoms with Gasteiger partial charge in [0.25, 0.3) is 0 Å². The summed E-state index contributed by atoms with van der Waals surface area (Å²) in [5.41, 5.74) is 0.151. The van der Waals surface area contributed by atoms with Crippen molar-refractivity contribution in [3.8, 4) is 0 Å². The smallest absolute Gasteiger partial charge is 0.131 e. The maximum atomic E-state index is 4.26. The Morgan fingerprint density at radius 1 is 1.40 bits per heavy atom. The minimum absolute atomic E-state index is 0.151. The first-order valence-electron chi connectivity index (χ1n) is 5.53. The first kappa shape index (κ1) is 11.0. The molecule has 1 aromatic rings. The monoisotopic (exact) mass is 225 g/mol. The SMILES string of the molecule is CC1CC1c1nnc(CNC(C)(C)C)s1. The van der Waals surface area contributed by atoms with Crippen LogP contribution in [-0.2, 0) is 6.54 Å². The zero-order chi connectivity index (χ0) is 11.1. The molecule has 1 aliphatic rings. The number of nitrogens with one attached hydrogen (secondary N) is 1. The average Bonchev–Trinajstić information content (AvgIpc) is 2.68. The largest absolute Gasteiger partial charge is 0.306 e. The van der Waals surface area contributed by atoms with Crippen molar-refractivity contribution in [1.82, 2.24) is 15.5 Å². The first-order chi connectivity index (χ1) is 6.96. The first-order valence-corrected chi connectivity index (χ1v) is 6.34. The highest BCUT2D eigenvalue weighted by atomic mass is 32.1. The molecule has 1 saturated carbocycles. The number of hydrogen-bond donors (Lipinski definition) is 1. The van der Waals surface area contributed by atoms with E-state index in [0.717, 1.165) is 17.5 Å². The van der Waals surface area contributed by atoms with Gasteiger partial charge in [-0.25, -0.2) is 0 Å². The molecule has 1 aromatic heterocycles. The van der Waals surface area contributed by atoms with E-state index in [9.17, 15) is 0 Å². The lowest BCUT2D eigenvalue weighted by Crippen LogP contribution is -2.35. The highest BCUT2D eigenvalue weighted by Crippen LogP contribution is 2.47. The van der Waals surface area contributed by atoms with Gasteiger partial charge in [-0.15, -0.1) is 10.2 Å². The molecule has 0 saturated heterocycles. The third-order valence-corrected chi connectivity index (χ3v) is 3.73. The van der Waals surface area contributed by atoms with E-state index in [0.29, 0.717) is 5.92 Å². The summed E-state index contributed by atoms with van der Waals surface area (Å²) in [6.45, 7) is 9.61. The summed E-state index contributed by atoms with van der Waals surface area (Å²) in [7, 11) is 0. The second-order valence-corrected chi connectivity index (χ2v) is 6.55.